The molecule has 0 amide bonds. The van der Waals surface area contributed by atoms with Crippen molar-refractivity contribution in [3.05, 3.63) is 40.7 Å². The molecule has 7 nitrogen and oxygen atoms in total. The van der Waals surface area contributed by atoms with E-state index in [9.17, 15) is 4.79 Å². The molecule has 7 heteroatoms. The van der Waals surface area contributed by atoms with Crippen molar-refractivity contribution in [2.75, 3.05) is 19.0 Å². The molecular weight excluding hydrogens is 244 g/mol. The number of nitrogens with one attached hydrogen (secondary N) is 1. The van der Waals surface area contributed by atoms with E-state index in [1.54, 1.807) is 4.90 Å². The summed E-state index contributed by atoms with van der Waals surface area (Å²) in [6, 6.07) is 9.28. The third-order valence-electron chi connectivity index (χ3n) is 2.71. The lowest BCUT2D eigenvalue weighted by molar-refractivity contribution is 0.861. The fourth-order valence-electron chi connectivity index (χ4n) is 1.81. The average molecular weight is 256 g/mol. The van der Waals surface area contributed by atoms with Crippen molar-refractivity contribution in [1.29, 1.82) is 0 Å². The van der Waals surface area contributed by atoms with Gasteiger partial charge in [0, 0.05) is 19.7 Å². The third-order valence-corrected chi connectivity index (χ3v) is 2.71. The SMILES string of the molecule is CN(C)c1nnc2[nH]c(=O)c(-c3ccccc3)nn12. The van der Waals surface area contributed by atoms with E-state index in [0.29, 0.717) is 17.4 Å². The second-order valence-electron chi connectivity index (χ2n) is 4.30. The van der Waals surface area contributed by atoms with Crippen molar-refractivity contribution in [3.63, 3.8) is 0 Å². The fraction of sp³-hybridized carbons (Fsp3) is 0.167. The van der Waals surface area contributed by atoms with Gasteiger partial charge in [0.05, 0.1) is 0 Å². The Balaban J connectivity index is 2.29. The van der Waals surface area contributed by atoms with Gasteiger partial charge in [-0.15, -0.1) is 10.2 Å². The van der Waals surface area contributed by atoms with Gasteiger partial charge in [0.2, 0.25) is 5.95 Å². The van der Waals surface area contributed by atoms with Gasteiger partial charge in [-0.05, 0) is 0 Å². The molecule has 0 aliphatic carbocycles. The molecule has 2 heterocycles. The molecule has 0 bridgehead atoms. The van der Waals surface area contributed by atoms with Crippen molar-refractivity contribution in [2.45, 2.75) is 0 Å². The van der Waals surface area contributed by atoms with Crippen LogP contribution in [0.3, 0.4) is 0 Å². The molecule has 0 aliphatic heterocycles. The minimum Gasteiger partial charge on any atom is -0.346 e. The maximum Gasteiger partial charge on any atom is 0.279 e. The first-order valence-corrected chi connectivity index (χ1v) is 5.75. The smallest absolute Gasteiger partial charge is 0.279 e. The number of hydrogen-bond donors (Lipinski definition) is 1. The monoisotopic (exact) mass is 256 g/mol. The van der Waals surface area contributed by atoms with E-state index in [0.717, 1.165) is 5.56 Å². The number of aromatic nitrogens is 5. The zero-order valence-corrected chi connectivity index (χ0v) is 10.5. The van der Waals surface area contributed by atoms with Crippen LogP contribution in [0.4, 0.5) is 5.95 Å². The Morgan fingerprint density at radius 1 is 1.16 bits per heavy atom. The minimum atomic E-state index is -0.281. The Labute approximate surface area is 108 Å². The van der Waals surface area contributed by atoms with Gasteiger partial charge in [0.25, 0.3) is 11.3 Å². The van der Waals surface area contributed by atoms with E-state index in [2.05, 4.69) is 20.3 Å². The minimum absolute atomic E-state index is 0.281. The van der Waals surface area contributed by atoms with Crippen LogP contribution in [-0.4, -0.2) is 38.9 Å². The molecule has 96 valence electrons. The molecular formula is C12H12N6O. The van der Waals surface area contributed by atoms with Gasteiger partial charge in [-0.2, -0.15) is 9.61 Å². The second kappa shape index (κ2) is 4.20. The Hall–Kier alpha value is -2.70. The van der Waals surface area contributed by atoms with Gasteiger partial charge in [-0.3, -0.25) is 9.78 Å². The third kappa shape index (κ3) is 1.85. The fourth-order valence-corrected chi connectivity index (χ4v) is 1.81. The molecule has 0 saturated carbocycles. The number of H-pyrrole nitrogens is 1. The van der Waals surface area contributed by atoms with Crippen LogP contribution < -0.4 is 10.5 Å². The van der Waals surface area contributed by atoms with Crippen molar-refractivity contribution in [3.8, 4) is 11.3 Å². The molecule has 3 rings (SSSR count). The summed E-state index contributed by atoms with van der Waals surface area (Å²) in [4.78, 5) is 16.5. The van der Waals surface area contributed by atoms with E-state index < -0.39 is 0 Å². The summed E-state index contributed by atoms with van der Waals surface area (Å²) in [5.74, 6) is 0.886. The van der Waals surface area contributed by atoms with E-state index in [4.69, 9.17) is 0 Å². The largest absolute Gasteiger partial charge is 0.346 e. The molecule has 0 aliphatic rings. The highest BCUT2D eigenvalue weighted by Gasteiger charge is 2.13. The zero-order valence-electron chi connectivity index (χ0n) is 10.5. The van der Waals surface area contributed by atoms with Crippen LogP contribution in [0.5, 0.6) is 0 Å². The Kier molecular flexibility index (Phi) is 2.52. The molecule has 0 unspecified atom stereocenters. The first kappa shape index (κ1) is 11.4. The summed E-state index contributed by atoms with van der Waals surface area (Å²) in [7, 11) is 3.68. The Bertz CT molecular complexity index is 774. The van der Waals surface area contributed by atoms with E-state index >= 15 is 0 Å². The highest BCUT2D eigenvalue weighted by atomic mass is 16.1. The quantitative estimate of drug-likeness (QED) is 0.724. The topological polar surface area (TPSA) is 79.2 Å². The first-order chi connectivity index (χ1) is 9.16. The number of nitrogens with zero attached hydrogens (tertiary/aromatic N) is 5. The summed E-state index contributed by atoms with van der Waals surface area (Å²) in [6.07, 6.45) is 0. The molecule has 0 radical (unpaired) electrons. The summed E-state index contributed by atoms with van der Waals surface area (Å²) < 4.78 is 1.52. The molecule has 0 fully saturated rings. The molecule has 0 saturated heterocycles. The maximum absolute atomic E-state index is 12.0. The lowest BCUT2D eigenvalue weighted by atomic mass is 10.2. The lowest BCUT2D eigenvalue weighted by Crippen LogP contribution is -2.18. The molecule has 1 aromatic carbocycles. The van der Waals surface area contributed by atoms with Crippen molar-refractivity contribution < 1.29 is 0 Å². The van der Waals surface area contributed by atoms with Crippen molar-refractivity contribution in [2.24, 2.45) is 0 Å². The number of hydrogen-bond acceptors (Lipinski definition) is 5. The van der Waals surface area contributed by atoms with Gasteiger partial charge < -0.3 is 4.90 Å². The first-order valence-electron chi connectivity index (χ1n) is 5.75. The summed E-state index contributed by atoms with van der Waals surface area (Å²) in [5.41, 5.74) is 0.816. The number of rotatable bonds is 2. The molecule has 2 aromatic heterocycles. The van der Waals surface area contributed by atoms with Gasteiger partial charge in [0.1, 0.15) is 0 Å². The van der Waals surface area contributed by atoms with Crippen molar-refractivity contribution in [1.82, 2.24) is 24.8 Å². The van der Waals surface area contributed by atoms with E-state index in [1.165, 1.54) is 4.52 Å². The highest BCUT2D eigenvalue weighted by Crippen LogP contribution is 2.13. The average Bonchev–Trinajstić information content (AvgIpc) is 2.81. The van der Waals surface area contributed by atoms with E-state index in [1.807, 2.05) is 44.4 Å². The lowest BCUT2D eigenvalue weighted by Gasteiger charge is -2.08. The normalized spacial score (nSPS) is 10.8. The number of anilines is 1. The zero-order chi connectivity index (χ0) is 13.4. The van der Waals surface area contributed by atoms with Crippen LogP contribution in [0.15, 0.2) is 35.1 Å². The van der Waals surface area contributed by atoms with Crippen LogP contribution in [-0.2, 0) is 0 Å². The van der Waals surface area contributed by atoms with Crippen LogP contribution in [0.2, 0.25) is 0 Å². The summed E-state index contributed by atoms with van der Waals surface area (Å²) in [6.45, 7) is 0. The number of benzene rings is 1. The van der Waals surface area contributed by atoms with Gasteiger partial charge in [0.15, 0.2) is 5.69 Å². The standard InChI is InChI=1S/C12H12N6O/c1-17(2)12-15-14-11-13-10(19)9(16-18(11)12)8-6-4-3-5-7-8/h3-7H,1-2H3,(H,13,14,19). The maximum atomic E-state index is 12.0. The molecule has 3 aromatic rings. The van der Waals surface area contributed by atoms with Crippen LogP contribution in [0.1, 0.15) is 0 Å². The number of fused-ring (bicyclic) bond motifs is 1. The molecule has 1 N–H and O–H groups in total. The second-order valence-corrected chi connectivity index (χ2v) is 4.30. The van der Waals surface area contributed by atoms with Crippen LogP contribution >= 0.6 is 0 Å². The Morgan fingerprint density at radius 3 is 2.58 bits per heavy atom. The van der Waals surface area contributed by atoms with Crippen LogP contribution in [0.25, 0.3) is 17.0 Å². The predicted octanol–water partition coefficient (Wildman–Crippen LogP) is 0.546. The predicted molar refractivity (Wildman–Crippen MR) is 71.2 cm³/mol. The van der Waals surface area contributed by atoms with Gasteiger partial charge in [-0.1, -0.05) is 30.3 Å². The van der Waals surface area contributed by atoms with Crippen LogP contribution in [0, 0.1) is 0 Å². The number of aromatic amines is 1. The van der Waals surface area contributed by atoms with Gasteiger partial charge >= 0.3 is 0 Å². The van der Waals surface area contributed by atoms with E-state index in [-0.39, 0.29) is 5.56 Å². The van der Waals surface area contributed by atoms with Gasteiger partial charge in [-0.25, -0.2) is 0 Å². The summed E-state index contributed by atoms with van der Waals surface area (Å²) in [5, 5.41) is 12.2. The van der Waals surface area contributed by atoms with Crippen molar-refractivity contribution >= 4 is 11.7 Å². The highest BCUT2D eigenvalue weighted by molar-refractivity contribution is 5.58. The molecule has 0 spiro atoms. The Morgan fingerprint density at radius 2 is 1.89 bits per heavy atom. The molecule has 0 atom stereocenters. The molecule has 19 heavy (non-hydrogen) atoms. The summed E-state index contributed by atoms with van der Waals surface area (Å²) >= 11 is 0.